The highest BCUT2D eigenvalue weighted by Crippen LogP contribution is 2.45. The molecule has 0 aliphatic heterocycles. The molecule has 0 radical (unpaired) electrons. The molecule has 312 valence electrons. The Balaban J connectivity index is 1.08. The number of para-hydroxylation sites is 2. The number of fused-ring (bicyclic) bond motifs is 12. The van der Waals surface area contributed by atoms with Gasteiger partial charge in [0, 0.05) is 54.5 Å². The number of benzene rings is 10. The Hall–Kier alpha value is -9.13. The van der Waals surface area contributed by atoms with Crippen molar-refractivity contribution in [3.05, 3.63) is 224 Å². The summed E-state index contributed by atoms with van der Waals surface area (Å²) in [5.41, 5.74) is 13.4. The maximum atomic E-state index is 6.38. The minimum absolute atomic E-state index is 0.538. The topological polar surface area (TPSA) is 61.7 Å². The lowest BCUT2D eigenvalue weighted by Gasteiger charge is -2.14. The Kier molecular flexibility index (Phi) is 8.18. The summed E-state index contributed by atoms with van der Waals surface area (Å²) >= 11 is 0. The zero-order valence-corrected chi connectivity index (χ0v) is 36.0. The van der Waals surface area contributed by atoms with E-state index in [2.05, 4.69) is 197 Å². The van der Waals surface area contributed by atoms with Crippen LogP contribution < -0.4 is 0 Å². The Morgan fingerprint density at radius 2 is 0.866 bits per heavy atom. The second-order valence-corrected chi connectivity index (χ2v) is 17.2. The van der Waals surface area contributed by atoms with E-state index < -0.39 is 0 Å². The number of aromatic nitrogens is 5. The number of hydrogen-bond donors (Lipinski definition) is 0. The summed E-state index contributed by atoms with van der Waals surface area (Å²) in [5, 5.41) is 8.99. The molecule has 4 aromatic heterocycles. The van der Waals surface area contributed by atoms with Gasteiger partial charge in [0.05, 0.1) is 22.1 Å². The molecule has 0 atom stereocenters. The van der Waals surface area contributed by atoms with Crippen molar-refractivity contribution in [2.24, 2.45) is 0 Å². The second-order valence-electron chi connectivity index (χ2n) is 17.2. The van der Waals surface area contributed by atoms with Crippen molar-refractivity contribution < 1.29 is 4.42 Å². The highest BCUT2D eigenvalue weighted by atomic mass is 16.3. The molecule has 6 nitrogen and oxygen atoms in total. The maximum Gasteiger partial charge on any atom is 0.238 e. The van der Waals surface area contributed by atoms with Crippen LogP contribution in [0.25, 0.3) is 133 Å². The van der Waals surface area contributed by atoms with Gasteiger partial charge in [0.25, 0.3) is 0 Å². The summed E-state index contributed by atoms with van der Waals surface area (Å²) in [6.07, 6.45) is 0. The van der Waals surface area contributed by atoms with Gasteiger partial charge in [-0.05, 0) is 82.2 Å². The molecule has 0 aliphatic carbocycles. The smallest absolute Gasteiger partial charge is 0.238 e. The first-order chi connectivity index (χ1) is 33.2. The van der Waals surface area contributed by atoms with Crippen LogP contribution in [0, 0.1) is 0 Å². The molecule has 0 amide bonds. The Morgan fingerprint density at radius 3 is 1.60 bits per heavy atom. The molecular formula is C61H37N5O. The first kappa shape index (κ1) is 37.3. The summed E-state index contributed by atoms with van der Waals surface area (Å²) in [4.78, 5) is 15.9. The van der Waals surface area contributed by atoms with E-state index in [0.717, 1.165) is 93.5 Å². The van der Waals surface area contributed by atoms with E-state index in [1.165, 1.54) is 21.9 Å². The third kappa shape index (κ3) is 5.86. The minimum Gasteiger partial charge on any atom is -0.456 e. The Morgan fingerprint density at radius 1 is 0.313 bits per heavy atom. The van der Waals surface area contributed by atoms with Crippen LogP contribution in [0.2, 0.25) is 0 Å². The maximum absolute atomic E-state index is 6.38. The first-order valence-electron chi connectivity index (χ1n) is 22.6. The fraction of sp³-hybridized carbons (Fsp3) is 0. The van der Waals surface area contributed by atoms with Crippen molar-refractivity contribution in [3.8, 4) is 56.7 Å². The van der Waals surface area contributed by atoms with Gasteiger partial charge in [0.15, 0.2) is 11.6 Å². The zero-order chi connectivity index (χ0) is 44.0. The molecule has 14 aromatic rings. The van der Waals surface area contributed by atoms with Gasteiger partial charge in [-0.1, -0.05) is 170 Å². The molecule has 0 bridgehead atoms. The molecule has 0 aliphatic rings. The van der Waals surface area contributed by atoms with E-state index in [9.17, 15) is 0 Å². The molecule has 0 saturated heterocycles. The minimum atomic E-state index is 0.538. The quantitative estimate of drug-likeness (QED) is 0.167. The van der Waals surface area contributed by atoms with E-state index in [1.54, 1.807) is 0 Å². The molecule has 0 spiro atoms. The van der Waals surface area contributed by atoms with Crippen LogP contribution in [0.1, 0.15) is 0 Å². The van der Waals surface area contributed by atoms with E-state index in [0.29, 0.717) is 17.6 Å². The van der Waals surface area contributed by atoms with Gasteiger partial charge in [-0.25, -0.2) is 4.98 Å². The third-order valence-electron chi connectivity index (χ3n) is 13.3. The molecule has 0 N–H and O–H groups in total. The van der Waals surface area contributed by atoms with Crippen molar-refractivity contribution >= 4 is 76.3 Å². The van der Waals surface area contributed by atoms with Crippen LogP contribution in [0.5, 0.6) is 0 Å². The lowest BCUT2D eigenvalue weighted by atomic mass is 9.98. The van der Waals surface area contributed by atoms with Gasteiger partial charge in [-0.2, -0.15) is 9.97 Å². The van der Waals surface area contributed by atoms with Crippen LogP contribution in [0.3, 0.4) is 0 Å². The van der Waals surface area contributed by atoms with E-state index >= 15 is 0 Å². The third-order valence-corrected chi connectivity index (χ3v) is 13.3. The summed E-state index contributed by atoms with van der Waals surface area (Å²) in [7, 11) is 0. The van der Waals surface area contributed by atoms with Gasteiger partial charge >= 0.3 is 0 Å². The number of nitrogens with zero attached hydrogens (tertiary/aromatic N) is 5. The second kappa shape index (κ2) is 14.7. The molecular weight excluding hydrogens is 819 g/mol. The molecule has 0 fully saturated rings. The largest absolute Gasteiger partial charge is 0.456 e. The van der Waals surface area contributed by atoms with Crippen LogP contribution in [-0.4, -0.2) is 24.1 Å². The molecule has 14 rings (SSSR count). The van der Waals surface area contributed by atoms with Crippen LogP contribution in [-0.2, 0) is 0 Å². The zero-order valence-electron chi connectivity index (χ0n) is 36.0. The van der Waals surface area contributed by atoms with Gasteiger partial charge in [-0.3, -0.25) is 4.57 Å². The van der Waals surface area contributed by atoms with Crippen LogP contribution in [0.4, 0.5) is 0 Å². The number of hydrogen-bond acceptors (Lipinski definition) is 4. The summed E-state index contributed by atoms with van der Waals surface area (Å²) in [5.74, 6) is 1.69. The molecule has 67 heavy (non-hydrogen) atoms. The van der Waals surface area contributed by atoms with E-state index in [1.807, 2.05) is 36.4 Å². The lowest BCUT2D eigenvalue weighted by Crippen LogP contribution is -2.06. The number of furan rings is 1. The van der Waals surface area contributed by atoms with Crippen LogP contribution >= 0.6 is 0 Å². The molecule has 0 saturated carbocycles. The average molecular weight is 856 g/mol. The van der Waals surface area contributed by atoms with E-state index in [-0.39, 0.29) is 0 Å². The molecule has 4 heterocycles. The Bertz CT molecular complexity index is 4210. The fourth-order valence-electron chi connectivity index (χ4n) is 10.3. The number of rotatable bonds is 6. The normalized spacial score (nSPS) is 11.9. The van der Waals surface area contributed by atoms with Crippen molar-refractivity contribution in [1.29, 1.82) is 0 Å². The molecule has 10 aromatic carbocycles. The Labute approximate surface area is 384 Å². The van der Waals surface area contributed by atoms with Gasteiger partial charge in [0.1, 0.15) is 11.2 Å². The lowest BCUT2D eigenvalue weighted by molar-refractivity contribution is 0.669. The summed E-state index contributed by atoms with van der Waals surface area (Å²) in [6, 6.07) is 79.4. The predicted molar refractivity (Wildman–Crippen MR) is 275 cm³/mol. The van der Waals surface area contributed by atoms with Crippen molar-refractivity contribution in [2.45, 2.75) is 0 Å². The predicted octanol–water partition coefficient (Wildman–Crippen LogP) is 15.8. The monoisotopic (exact) mass is 855 g/mol. The van der Waals surface area contributed by atoms with Crippen molar-refractivity contribution in [2.75, 3.05) is 0 Å². The standard InChI is InChI=1S/C61H37N5O/c1-4-16-38(17-5-1)43-34-44(39-18-6-2-7-19-39)36-45(35-43)65-51-26-14-12-25-49(51)56-52(65)32-33-53-57(56)50-31-28-40-20-10-11-23-46(40)58(50)66(53)61-63-59(41-21-8-3-9-22-41)62-60(64-61)42-29-30-48-47-24-13-15-27-54(47)67-55(48)37-42/h1-37H. The highest BCUT2D eigenvalue weighted by molar-refractivity contribution is 6.31. The summed E-state index contributed by atoms with van der Waals surface area (Å²) < 4.78 is 11.1. The highest BCUT2D eigenvalue weighted by Gasteiger charge is 2.25. The first-order valence-corrected chi connectivity index (χ1v) is 22.6. The van der Waals surface area contributed by atoms with Crippen molar-refractivity contribution in [3.63, 3.8) is 0 Å². The van der Waals surface area contributed by atoms with Crippen LogP contribution in [0.15, 0.2) is 229 Å². The SMILES string of the molecule is c1ccc(-c2cc(-c3ccccc3)cc(-n3c4ccccc4c4c5c6ccc7ccccc7c6n(-c6nc(-c7ccccc7)nc(-c7ccc8c(c7)oc7ccccc78)n6)c5ccc43)c2)cc1. The van der Waals surface area contributed by atoms with Gasteiger partial charge in [-0.15, -0.1) is 0 Å². The average Bonchev–Trinajstić information content (AvgIpc) is 4.07. The van der Waals surface area contributed by atoms with Gasteiger partial charge < -0.3 is 8.98 Å². The van der Waals surface area contributed by atoms with E-state index in [4.69, 9.17) is 19.4 Å². The summed E-state index contributed by atoms with van der Waals surface area (Å²) in [6.45, 7) is 0. The fourth-order valence-corrected chi connectivity index (χ4v) is 10.3. The molecule has 6 heteroatoms. The van der Waals surface area contributed by atoms with Gasteiger partial charge in [0.2, 0.25) is 5.95 Å². The molecule has 0 unspecified atom stereocenters. The van der Waals surface area contributed by atoms with Crippen molar-refractivity contribution in [1.82, 2.24) is 24.1 Å².